The fourth-order valence-corrected chi connectivity index (χ4v) is 1.64. The van der Waals surface area contributed by atoms with E-state index in [1.807, 2.05) is 0 Å². The fourth-order valence-electron chi connectivity index (χ4n) is 1.64. The minimum Gasteiger partial charge on any atom is -0.508 e. The molecule has 0 amide bonds. The molecule has 0 spiro atoms. The normalized spacial score (nSPS) is 10.4. The van der Waals surface area contributed by atoms with Gasteiger partial charge < -0.3 is 30.6 Å². The minimum atomic E-state index is -0.764. The lowest BCUT2D eigenvalue weighted by Gasteiger charge is -2.11. The number of hydrogen-bond acceptors (Lipinski definition) is 6. The van der Waals surface area contributed by atoms with Crippen molar-refractivity contribution >= 4 is 0 Å². The number of phenols is 6. The molecular weight excluding hydrogens is 240 g/mol. The van der Waals surface area contributed by atoms with E-state index in [1.54, 1.807) is 0 Å². The lowest BCUT2D eigenvalue weighted by Crippen LogP contribution is -1.83. The van der Waals surface area contributed by atoms with Gasteiger partial charge in [-0.2, -0.15) is 0 Å². The third kappa shape index (κ3) is 1.69. The maximum Gasteiger partial charge on any atom is 0.200 e. The molecule has 18 heavy (non-hydrogen) atoms. The predicted octanol–water partition coefficient (Wildman–Crippen LogP) is 1.59. The summed E-state index contributed by atoms with van der Waals surface area (Å²) in [6, 6.07) is 4.24. The van der Waals surface area contributed by atoms with Crippen LogP contribution in [0.4, 0.5) is 0 Å². The van der Waals surface area contributed by atoms with E-state index < -0.39 is 28.7 Å². The summed E-state index contributed by atoms with van der Waals surface area (Å²) in [6.07, 6.45) is 0. The van der Waals surface area contributed by atoms with E-state index in [2.05, 4.69) is 0 Å². The minimum absolute atomic E-state index is 0.0831. The van der Waals surface area contributed by atoms with Crippen molar-refractivity contribution < 1.29 is 30.6 Å². The molecule has 0 aliphatic rings. The van der Waals surface area contributed by atoms with Crippen molar-refractivity contribution in [1.82, 2.24) is 0 Å². The molecule has 6 nitrogen and oxygen atoms in total. The Hall–Kier alpha value is -2.76. The van der Waals surface area contributed by atoms with Crippen LogP contribution in [0.2, 0.25) is 0 Å². The molecule has 0 aliphatic heterocycles. The van der Waals surface area contributed by atoms with Crippen molar-refractivity contribution in [2.24, 2.45) is 0 Å². The summed E-state index contributed by atoms with van der Waals surface area (Å²) in [5.41, 5.74) is -0.249. The van der Waals surface area contributed by atoms with Gasteiger partial charge in [0.05, 0.1) is 5.56 Å². The lowest BCUT2D eigenvalue weighted by atomic mass is 10.0. The Morgan fingerprint density at radius 2 is 1.17 bits per heavy atom. The molecule has 94 valence electrons. The van der Waals surface area contributed by atoms with Gasteiger partial charge in [-0.15, -0.1) is 0 Å². The van der Waals surface area contributed by atoms with Gasteiger partial charge >= 0.3 is 0 Å². The summed E-state index contributed by atoms with van der Waals surface area (Å²) in [5, 5.41) is 56.6. The second kappa shape index (κ2) is 3.92. The van der Waals surface area contributed by atoms with E-state index in [4.69, 9.17) is 5.11 Å². The summed E-state index contributed by atoms with van der Waals surface area (Å²) in [6.45, 7) is 0. The average molecular weight is 250 g/mol. The highest BCUT2D eigenvalue weighted by Gasteiger charge is 2.19. The molecule has 0 saturated carbocycles. The third-order valence-electron chi connectivity index (χ3n) is 2.48. The van der Waals surface area contributed by atoms with E-state index in [9.17, 15) is 25.5 Å². The van der Waals surface area contributed by atoms with Crippen LogP contribution in [0.25, 0.3) is 11.1 Å². The molecule has 0 aromatic heterocycles. The van der Waals surface area contributed by atoms with Crippen molar-refractivity contribution in [3.8, 4) is 45.6 Å². The van der Waals surface area contributed by atoms with Crippen LogP contribution in [0.1, 0.15) is 0 Å². The topological polar surface area (TPSA) is 121 Å². The van der Waals surface area contributed by atoms with Crippen molar-refractivity contribution in [2.75, 3.05) is 0 Å². The Morgan fingerprint density at radius 1 is 0.611 bits per heavy atom. The predicted molar refractivity (Wildman–Crippen MR) is 61.9 cm³/mol. The molecule has 6 N–H and O–H groups in total. The molecule has 0 bridgehead atoms. The number of phenolic OH excluding ortho intramolecular Hbond substituents is 6. The zero-order valence-corrected chi connectivity index (χ0v) is 8.99. The second-order valence-corrected chi connectivity index (χ2v) is 3.69. The van der Waals surface area contributed by atoms with Crippen LogP contribution in [-0.2, 0) is 0 Å². The number of aromatic hydroxyl groups is 6. The molecule has 0 heterocycles. The molecular formula is C12H10O6. The Balaban J connectivity index is 2.74. The Bertz CT molecular complexity index is 597. The number of hydrogen-bond donors (Lipinski definition) is 6. The monoisotopic (exact) mass is 250 g/mol. The van der Waals surface area contributed by atoms with E-state index >= 15 is 0 Å². The molecule has 2 aromatic carbocycles. The third-order valence-corrected chi connectivity index (χ3v) is 2.48. The first kappa shape index (κ1) is 11.7. The summed E-state index contributed by atoms with van der Waals surface area (Å²) in [4.78, 5) is 0. The van der Waals surface area contributed by atoms with E-state index in [1.165, 1.54) is 6.07 Å². The zero-order chi connectivity index (χ0) is 13.4. The highest BCUT2D eigenvalue weighted by molar-refractivity contribution is 5.83. The van der Waals surface area contributed by atoms with Gasteiger partial charge in [0.15, 0.2) is 11.5 Å². The molecule has 0 fully saturated rings. The fraction of sp³-hybridized carbons (Fsp3) is 0. The Labute approximate surface area is 101 Å². The average Bonchev–Trinajstić information content (AvgIpc) is 2.28. The van der Waals surface area contributed by atoms with Crippen LogP contribution in [0, 0.1) is 0 Å². The maximum absolute atomic E-state index is 9.66. The summed E-state index contributed by atoms with van der Waals surface area (Å²) >= 11 is 0. The van der Waals surface area contributed by atoms with E-state index in [0.717, 1.165) is 18.2 Å². The first-order valence-electron chi connectivity index (χ1n) is 4.91. The highest BCUT2D eigenvalue weighted by Crippen LogP contribution is 2.48. The molecule has 0 radical (unpaired) electrons. The van der Waals surface area contributed by atoms with Crippen molar-refractivity contribution in [1.29, 1.82) is 0 Å². The largest absolute Gasteiger partial charge is 0.508 e. The van der Waals surface area contributed by atoms with Crippen LogP contribution in [-0.4, -0.2) is 30.6 Å². The molecule has 2 aromatic rings. The SMILES string of the molecule is Oc1cc(O)c(-c2ccc(O)c(O)c2O)c(O)c1. The molecule has 0 saturated heterocycles. The molecule has 0 aliphatic carbocycles. The molecule has 0 unspecified atom stereocenters. The first-order valence-corrected chi connectivity index (χ1v) is 4.91. The van der Waals surface area contributed by atoms with Crippen LogP contribution in [0.15, 0.2) is 24.3 Å². The highest BCUT2D eigenvalue weighted by atomic mass is 16.3. The van der Waals surface area contributed by atoms with Crippen LogP contribution < -0.4 is 0 Å². The van der Waals surface area contributed by atoms with Crippen molar-refractivity contribution in [2.45, 2.75) is 0 Å². The number of benzene rings is 2. The Kier molecular flexibility index (Phi) is 2.55. The van der Waals surface area contributed by atoms with Gasteiger partial charge in [-0.3, -0.25) is 0 Å². The van der Waals surface area contributed by atoms with E-state index in [-0.39, 0.29) is 16.9 Å². The quantitative estimate of drug-likeness (QED) is 0.427. The lowest BCUT2D eigenvalue weighted by molar-refractivity contribution is 0.368. The number of rotatable bonds is 1. The first-order chi connectivity index (χ1) is 8.41. The molecule has 0 atom stereocenters. The molecule has 6 heteroatoms. The van der Waals surface area contributed by atoms with Gasteiger partial charge in [0.1, 0.15) is 17.2 Å². The van der Waals surface area contributed by atoms with Gasteiger partial charge in [0.25, 0.3) is 0 Å². The van der Waals surface area contributed by atoms with Crippen LogP contribution in [0.5, 0.6) is 34.5 Å². The standard InChI is InChI=1S/C12H10O6/c13-5-3-8(15)10(9(16)4-5)6-1-2-7(14)12(18)11(6)17/h1-4,13-18H. The zero-order valence-electron chi connectivity index (χ0n) is 8.99. The van der Waals surface area contributed by atoms with E-state index in [0.29, 0.717) is 0 Å². The summed E-state index contributed by atoms with van der Waals surface area (Å²) in [7, 11) is 0. The Morgan fingerprint density at radius 3 is 1.72 bits per heavy atom. The van der Waals surface area contributed by atoms with Crippen molar-refractivity contribution in [3.05, 3.63) is 24.3 Å². The van der Waals surface area contributed by atoms with Gasteiger partial charge in [-0.25, -0.2) is 0 Å². The summed E-state index contributed by atoms with van der Waals surface area (Å²) < 4.78 is 0. The van der Waals surface area contributed by atoms with Gasteiger partial charge in [0.2, 0.25) is 5.75 Å². The van der Waals surface area contributed by atoms with Gasteiger partial charge in [0, 0.05) is 17.7 Å². The van der Waals surface area contributed by atoms with Gasteiger partial charge in [-0.05, 0) is 12.1 Å². The van der Waals surface area contributed by atoms with Gasteiger partial charge in [-0.1, -0.05) is 0 Å². The van der Waals surface area contributed by atoms with Crippen LogP contribution >= 0.6 is 0 Å². The van der Waals surface area contributed by atoms with Crippen LogP contribution in [0.3, 0.4) is 0 Å². The summed E-state index contributed by atoms with van der Waals surface area (Å²) in [5.74, 6) is -3.29. The maximum atomic E-state index is 9.66. The second-order valence-electron chi connectivity index (χ2n) is 3.69. The molecule has 2 rings (SSSR count). The smallest absolute Gasteiger partial charge is 0.200 e. The van der Waals surface area contributed by atoms with Crippen molar-refractivity contribution in [3.63, 3.8) is 0 Å².